The van der Waals surface area contributed by atoms with E-state index in [4.69, 9.17) is 11.6 Å². The summed E-state index contributed by atoms with van der Waals surface area (Å²) in [5, 5.41) is 0.488. The standard InChI is InChI=1S/C14H9ClF4N2O/c15-8-3-1-7(2-4-8)5-11(22)20-21-14-12(18)9(16)6-10(17)13(14)19/h1-4,6,21H,5H2,(H,20,22). The monoisotopic (exact) mass is 332 g/mol. The summed E-state index contributed by atoms with van der Waals surface area (Å²) >= 11 is 5.69. The van der Waals surface area contributed by atoms with Crippen molar-refractivity contribution in [3.63, 3.8) is 0 Å². The van der Waals surface area contributed by atoms with Gasteiger partial charge in [-0.1, -0.05) is 23.7 Å². The van der Waals surface area contributed by atoms with Crippen LogP contribution in [-0.2, 0) is 11.2 Å². The number of amides is 1. The number of hydrogen-bond acceptors (Lipinski definition) is 2. The molecule has 0 unspecified atom stereocenters. The lowest BCUT2D eigenvalue weighted by molar-refractivity contribution is -0.119. The van der Waals surface area contributed by atoms with E-state index >= 15 is 0 Å². The Morgan fingerprint density at radius 1 is 1.00 bits per heavy atom. The lowest BCUT2D eigenvalue weighted by Gasteiger charge is -2.11. The molecule has 3 nitrogen and oxygen atoms in total. The highest BCUT2D eigenvalue weighted by molar-refractivity contribution is 6.30. The summed E-state index contributed by atoms with van der Waals surface area (Å²) < 4.78 is 52.7. The topological polar surface area (TPSA) is 41.1 Å². The van der Waals surface area contributed by atoms with Gasteiger partial charge in [-0.15, -0.1) is 0 Å². The summed E-state index contributed by atoms with van der Waals surface area (Å²) in [5.41, 5.74) is 3.28. The molecule has 0 aliphatic carbocycles. The van der Waals surface area contributed by atoms with Gasteiger partial charge < -0.3 is 0 Å². The van der Waals surface area contributed by atoms with Crippen LogP contribution in [-0.4, -0.2) is 5.91 Å². The molecule has 1 amide bonds. The second kappa shape index (κ2) is 6.65. The van der Waals surface area contributed by atoms with E-state index in [9.17, 15) is 22.4 Å². The quantitative estimate of drug-likeness (QED) is 0.510. The van der Waals surface area contributed by atoms with Gasteiger partial charge in [0.25, 0.3) is 0 Å². The first-order valence-corrected chi connectivity index (χ1v) is 6.38. The number of hydrazine groups is 1. The van der Waals surface area contributed by atoms with Crippen LogP contribution in [0.2, 0.25) is 5.02 Å². The predicted molar refractivity (Wildman–Crippen MR) is 73.2 cm³/mol. The number of halogens is 5. The molecule has 2 aromatic rings. The lowest BCUT2D eigenvalue weighted by Crippen LogP contribution is -2.32. The Kier molecular flexibility index (Phi) is 4.87. The highest BCUT2D eigenvalue weighted by Crippen LogP contribution is 2.23. The molecule has 0 bridgehead atoms. The van der Waals surface area contributed by atoms with Crippen LogP contribution in [0.1, 0.15) is 5.56 Å². The van der Waals surface area contributed by atoms with E-state index in [0.29, 0.717) is 10.6 Å². The third-order valence-corrected chi connectivity index (χ3v) is 2.97. The van der Waals surface area contributed by atoms with Crippen LogP contribution in [0.4, 0.5) is 23.2 Å². The molecule has 0 aromatic heterocycles. The molecule has 0 heterocycles. The van der Waals surface area contributed by atoms with Gasteiger partial charge >= 0.3 is 0 Å². The molecule has 2 N–H and O–H groups in total. The fourth-order valence-corrected chi connectivity index (χ4v) is 1.77. The number of carbonyl (C=O) groups excluding carboxylic acids is 1. The first kappa shape index (κ1) is 16.1. The first-order valence-electron chi connectivity index (χ1n) is 6.00. The van der Waals surface area contributed by atoms with Crippen molar-refractivity contribution in [3.8, 4) is 0 Å². The Morgan fingerprint density at radius 3 is 2.09 bits per heavy atom. The number of carbonyl (C=O) groups is 1. The second-order valence-electron chi connectivity index (χ2n) is 4.32. The zero-order valence-corrected chi connectivity index (χ0v) is 11.6. The minimum Gasteiger partial charge on any atom is -0.293 e. The molecule has 2 rings (SSSR count). The first-order chi connectivity index (χ1) is 10.4. The summed E-state index contributed by atoms with van der Waals surface area (Å²) in [6.45, 7) is 0. The maximum atomic E-state index is 13.4. The van der Waals surface area contributed by atoms with Crippen molar-refractivity contribution in [2.45, 2.75) is 6.42 Å². The largest absolute Gasteiger partial charge is 0.293 e. The summed E-state index contributed by atoms with van der Waals surface area (Å²) in [7, 11) is 0. The molecular formula is C14H9ClF4N2O. The van der Waals surface area contributed by atoms with Crippen LogP contribution < -0.4 is 10.9 Å². The van der Waals surface area contributed by atoms with Crippen LogP contribution in [0, 0.1) is 23.3 Å². The van der Waals surface area contributed by atoms with E-state index in [1.54, 1.807) is 24.3 Å². The van der Waals surface area contributed by atoms with Gasteiger partial charge in [0.2, 0.25) is 5.91 Å². The fraction of sp³-hybridized carbons (Fsp3) is 0.0714. The van der Waals surface area contributed by atoms with Crippen molar-refractivity contribution in [3.05, 3.63) is 64.2 Å². The molecule has 22 heavy (non-hydrogen) atoms. The molecule has 8 heteroatoms. The summed E-state index contributed by atoms with van der Waals surface area (Å²) in [6.07, 6.45) is -0.120. The van der Waals surface area contributed by atoms with Gasteiger partial charge in [-0.05, 0) is 17.7 Å². The van der Waals surface area contributed by atoms with Crippen molar-refractivity contribution in [2.24, 2.45) is 0 Å². The third-order valence-electron chi connectivity index (χ3n) is 2.72. The molecule has 0 spiro atoms. The Labute approximate surface area is 127 Å². The van der Waals surface area contributed by atoms with Crippen LogP contribution >= 0.6 is 11.6 Å². The van der Waals surface area contributed by atoms with Gasteiger partial charge in [-0.25, -0.2) is 17.6 Å². The molecular weight excluding hydrogens is 324 g/mol. The van der Waals surface area contributed by atoms with Crippen molar-refractivity contribution in [1.29, 1.82) is 0 Å². The molecule has 0 saturated heterocycles. The second-order valence-corrected chi connectivity index (χ2v) is 4.76. The molecule has 0 saturated carbocycles. The smallest absolute Gasteiger partial charge is 0.242 e. The number of anilines is 1. The number of rotatable bonds is 4. The summed E-state index contributed by atoms with van der Waals surface area (Å²) in [5.74, 6) is -7.08. The molecule has 0 aliphatic rings. The van der Waals surface area contributed by atoms with E-state index in [1.165, 1.54) is 0 Å². The predicted octanol–water partition coefficient (Wildman–Crippen LogP) is 3.58. The van der Waals surface area contributed by atoms with Crippen molar-refractivity contribution in [2.75, 3.05) is 5.43 Å². The molecule has 2 aromatic carbocycles. The van der Waals surface area contributed by atoms with Crippen LogP contribution in [0.15, 0.2) is 30.3 Å². The Bertz CT molecular complexity index is 681. The average molecular weight is 333 g/mol. The van der Waals surface area contributed by atoms with Gasteiger partial charge in [0.1, 0.15) is 5.69 Å². The minimum absolute atomic E-state index is 0.0748. The van der Waals surface area contributed by atoms with Crippen LogP contribution in [0.3, 0.4) is 0 Å². The van der Waals surface area contributed by atoms with E-state index in [2.05, 4.69) is 0 Å². The third kappa shape index (κ3) is 3.67. The van der Waals surface area contributed by atoms with Gasteiger partial charge in [-0.3, -0.25) is 15.6 Å². The molecule has 0 atom stereocenters. The Morgan fingerprint density at radius 2 is 1.55 bits per heavy atom. The maximum absolute atomic E-state index is 13.4. The van der Waals surface area contributed by atoms with E-state index in [-0.39, 0.29) is 12.5 Å². The Balaban J connectivity index is 2.04. The Hall–Kier alpha value is -2.28. The molecule has 0 fully saturated rings. The van der Waals surface area contributed by atoms with Crippen molar-refractivity contribution in [1.82, 2.24) is 5.43 Å². The van der Waals surface area contributed by atoms with E-state index in [0.717, 1.165) is 0 Å². The molecule has 0 aliphatic heterocycles. The van der Waals surface area contributed by atoms with Crippen molar-refractivity contribution >= 4 is 23.2 Å². The van der Waals surface area contributed by atoms with Crippen LogP contribution in [0.5, 0.6) is 0 Å². The number of benzene rings is 2. The van der Waals surface area contributed by atoms with Crippen LogP contribution in [0.25, 0.3) is 0 Å². The van der Waals surface area contributed by atoms with Gasteiger partial charge in [0.15, 0.2) is 23.3 Å². The van der Waals surface area contributed by atoms with E-state index < -0.39 is 34.9 Å². The number of hydrogen-bond donors (Lipinski definition) is 2. The fourth-order valence-electron chi connectivity index (χ4n) is 1.65. The minimum atomic E-state index is -1.63. The average Bonchev–Trinajstić information content (AvgIpc) is 2.47. The SMILES string of the molecule is O=C(Cc1ccc(Cl)cc1)NNc1c(F)c(F)cc(F)c1F. The lowest BCUT2D eigenvalue weighted by atomic mass is 10.1. The molecule has 0 radical (unpaired) electrons. The van der Waals surface area contributed by atoms with Gasteiger partial charge in [-0.2, -0.15) is 0 Å². The van der Waals surface area contributed by atoms with Crippen molar-refractivity contribution < 1.29 is 22.4 Å². The highest BCUT2D eigenvalue weighted by Gasteiger charge is 2.19. The highest BCUT2D eigenvalue weighted by atomic mass is 35.5. The number of nitrogens with one attached hydrogen (secondary N) is 2. The normalized spacial score (nSPS) is 10.4. The van der Waals surface area contributed by atoms with Gasteiger partial charge in [0, 0.05) is 11.1 Å². The summed E-state index contributed by atoms with van der Waals surface area (Å²) in [6, 6.07) is 6.39. The zero-order chi connectivity index (χ0) is 16.3. The molecule has 116 valence electrons. The van der Waals surface area contributed by atoms with E-state index in [1.807, 2.05) is 10.9 Å². The maximum Gasteiger partial charge on any atom is 0.242 e. The van der Waals surface area contributed by atoms with Gasteiger partial charge in [0.05, 0.1) is 6.42 Å². The zero-order valence-electron chi connectivity index (χ0n) is 10.9. The summed E-state index contributed by atoms with van der Waals surface area (Å²) in [4.78, 5) is 11.6.